The molecule has 1 N–H and O–H groups in total. The van der Waals surface area contributed by atoms with Crippen molar-refractivity contribution < 1.29 is 9.90 Å². The van der Waals surface area contributed by atoms with Gasteiger partial charge in [0, 0.05) is 12.3 Å². The molecule has 0 bridgehead atoms. The summed E-state index contributed by atoms with van der Waals surface area (Å²) in [6.07, 6.45) is 3.89. The van der Waals surface area contributed by atoms with E-state index in [2.05, 4.69) is 10.1 Å². The molecule has 5 nitrogen and oxygen atoms in total. The van der Waals surface area contributed by atoms with E-state index in [4.69, 9.17) is 5.11 Å². The molecule has 1 atom stereocenters. The number of rotatable bonds is 3. The van der Waals surface area contributed by atoms with Gasteiger partial charge in [0.25, 0.3) is 0 Å². The summed E-state index contributed by atoms with van der Waals surface area (Å²) < 4.78 is 1.61. The predicted octanol–water partition coefficient (Wildman–Crippen LogP) is 1.31. The molecule has 0 spiro atoms. The molecule has 2 aromatic rings. The van der Waals surface area contributed by atoms with Crippen molar-refractivity contribution in [3.05, 3.63) is 30.2 Å². The van der Waals surface area contributed by atoms with E-state index in [9.17, 15) is 4.79 Å². The van der Waals surface area contributed by atoms with Crippen molar-refractivity contribution in [1.82, 2.24) is 14.6 Å². The van der Waals surface area contributed by atoms with Crippen molar-refractivity contribution in [3.63, 3.8) is 0 Å². The maximum atomic E-state index is 10.9. The molecule has 1 unspecified atom stereocenters. The van der Waals surface area contributed by atoms with Gasteiger partial charge < -0.3 is 5.11 Å². The zero-order valence-electron chi connectivity index (χ0n) is 8.29. The lowest BCUT2D eigenvalue weighted by molar-refractivity contribution is -0.138. The Kier molecular flexibility index (Phi) is 2.37. The summed E-state index contributed by atoms with van der Waals surface area (Å²) in [7, 11) is 0. The lowest BCUT2D eigenvalue weighted by Crippen LogP contribution is -2.12. The number of carboxylic acid groups (broad SMARTS) is 1. The second-order valence-corrected chi connectivity index (χ2v) is 3.29. The summed E-state index contributed by atoms with van der Waals surface area (Å²) in [5.41, 5.74) is 1.25. The smallest absolute Gasteiger partial charge is 0.312 e. The Morgan fingerprint density at radius 3 is 3.07 bits per heavy atom. The van der Waals surface area contributed by atoms with E-state index >= 15 is 0 Å². The number of carboxylic acids is 1. The molecule has 0 aliphatic carbocycles. The number of carbonyl (C=O) groups is 1. The van der Waals surface area contributed by atoms with Crippen molar-refractivity contribution in [2.45, 2.75) is 19.3 Å². The van der Waals surface area contributed by atoms with Crippen LogP contribution in [-0.2, 0) is 4.79 Å². The van der Waals surface area contributed by atoms with Crippen molar-refractivity contribution >= 4 is 11.6 Å². The molecule has 78 valence electrons. The third-order valence-electron chi connectivity index (χ3n) is 2.34. The van der Waals surface area contributed by atoms with Crippen LogP contribution in [0.1, 0.15) is 25.0 Å². The summed E-state index contributed by atoms with van der Waals surface area (Å²) in [6, 6.07) is 3.44. The SMILES string of the molecule is CCC(C(=O)O)c1ccn2nccc2n1. The molecular weight excluding hydrogens is 194 g/mol. The van der Waals surface area contributed by atoms with Gasteiger partial charge in [0.1, 0.15) is 0 Å². The lowest BCUT2D eigenvalue weighted by atomic mass is 10.0. The molecular formula is C10H11N3O2. The normalized spacial score (nSPS) is 12.9. The van der Waals surface area contributed by atoms with Crippen LogP contribution in [0.5, 0.6) is 0 Å². The first-order valence-electron chi connectivity index (χ1n) is 4.75. The first-order chi connectivity index (χ1) is 7.22. The van der Waals surface area contributed by atoms with Crippen LogP contribution in [0.25, 0.3) is 5.65 Å². The molecule has 2 heterocycles. The number of aromatic nitrogens is 3. The second-order valence-electron chi connectivity index (χ2n) is 3.29. The Labute approximate surface area is 86.4 Å². The molecule has 5 heteroatoms. The minimum Gasteiger partial charge on any atom is -0.481 e. The summed E-state index contributed by atoms with van der Waals surface area (Å²) in [6.45, 7) is 1.83. The highest BCUT2D eigenvalue weighted by Gasteiger charge is 2.19. The van der Waals surface area contributed by atoms with Crippen LogP contribution in [0.3, 0.4) is 0 Å². The molecule has 0 amide bonds. The highest BCUT2D eigenvalue weighted by Crippen LogP contribution is 2.17. The molecule has 0 aromatic carbocycles. The maximum Gasteiger partial charge on any atom is 0.312 e. The second kappa shape index (κ2) is 3.68. The van der Waals surface area contributed by atoms with Crippen LogP contribution in [0.4, 0.5) is 0 Å². The highest BCUT2D eigenvalue weighted by atomic mass is 16.4. The van der Waals surface area contributed by atoms with Crippen molar-refractivity contribution in [1.29, 1.82) is 0 Å². The van der Waals surface area contributed by atoms with Gasteiger partial charge in [-0.3, -0.25) is 4.79 Å². The molecule has 0 saturated heterocycles. The highest BCUT2D eigenvalue weighted by molar-refractivity contribution is 5.75. The first kappa shape index (κ1) is 9.64. The summed E-state index contributed by atoms with van der Waals surface area (Å²) in [5.74, 6) is -1.38. The van der Waals surface area contributed by atoms with E-state index < -0.39 is 11.9 Å². The zero-order chi connectivity index (χ0) is 10.8. The number of aliphatic carboxylic acids is 1. The molecule has 0 fully saturated rings. The van der Waals surface area contributed by atoms with Gasteiger partial charge >= 0.3 is 5.97 Å². The van der Waals surface area contributed by atoms with Crippen LogP contribution in [0.15, 0.2) is 24.5 Å². The van der Waals surface area contributed by atoms with Gasteiger partial charge in [0.15, 0.2) is 5.65 Å². The molecule has 0 aliphatic rings. The van der Waals surface area contributed by atoms with Crippen molar-refractivity contribution in [3.8, 4) is 0 Å². The minimum atomic E-state index is -0.839. The fourth-order valence-corrected chi connectivity index (χ4v) is 1.53. The van der Waals surface area contributed by atoms with Crippen LogP contribution >= 0.6 is 0 Å². The van der Waals surface area contributed by atoms with Crippen LogP contribution in [-0.4, -0.2) is 25.7 Å². The maximum absolute atomic E-state index is 10.9. The minimum absolute atomic E-state index is 0.534. The number of hydrogen-bond donors (Lipinski definition) is 1. The van der Waals surface area contributed by atoms with Crippen molar-refractivity contribution in [2.75, 3.05) is 0 Å². The molecule has 15 heavy (non-hydrogen) atoms. The Morgan fingerprint density at radius 2 is 2.40 bits per heavy atom. The number of fused-ring (bicyclic) bond motifs is 1. The Balaban J connectivity index is 2.46. The molecule has 2 aromatic heterocycles. The monoisotopic (exact) mass is 205 g/mol. The van der Waals surface area contributed by atoms with E-state index in [0.717, 1.165) is 0 Å². The summed E-state index contributed by atoms with van der Waals surface area (Å²) >= 11 is 0. The average molecular weight is 205 g/mol. The molecule has 0 saturated carbocycles. The van der Waals surface area contributed by atoms with E-state index in [1.54, 1.807) is 29.0 Å². The quantitative estimate of drug-likeness (QED) is 0.820. The average Bonchev–Trinajstić information content (AvgIpc) is 2.65. The van der Waals surface area contributed by atoms with Gasteiger partial charge in [-0.25, -0.2) is 9.50 Å². The largest absolute Gasteiger partial charge is 0.481 e. The van der Waals surface area contributed by atoms with E-state index in [-0.39, 0.29) is 0 Å². The standard InChI is InChI=1S/C10H11N3O2/c1-2-7(10(14)15)8-4-6-13-9(12-8)3-5-11-13/h3-7H,2H2,1H3,(H,14,15). The molecule has 2 rings (SSSR count). The van der Waals surface area contributed by atoms with Gasteiger partial charge in [-0.1, -0.05) is 6.92 Å². The van der Waals surface area contributed by atoms with Gasteiger partial charge in [-0.15, -0.1) is 0 Å². The fourth-order valence-electron chi connectivity index (χ4n) is 1.53. The third kappa shape index (κ3) is 1.68. The van der Waals surface area contributed by atoms with Crippen molar-refractivity contribution in [2.24, 2.45) is 0 Å². The van der Waals surface area contributed by atoms with Gasteiger partial charge in [-0.2, -0.15) is 5.10 Å². The first-order valence-corrected chi connectivity index (χ1v) is 4.75. The number of hydrogen-bond acceptors (Lipinski definition) is 3. The van der Waals surface area contributed by atoms with Crippen LogP contribution in [0, 0.1) is 0 Å². The molecule has 0 aliphatic heterocycles. The summed E-state index contributed by atoms with van der Waals surface area (Å²) in [4.78, 5) is 15.2. The topological polar surface area (TPSA) is 67.5 Å². The predicted molar refractivity (Wildman–Crippen MR) is 53.7 cm³/mol. The van der Waals surface area contributed by atoms with E-state index in [1.165, 1.54) is 0 Å². The summed E-state index contributed by atoms with van der Waals surface area (Å²) in [5, 5.41) is 13.0. The van der Waals surface area contributed by atoms with Gasteiger partial charge in [-0.05, 0) is 12.5 Å². The van der Waals surface area contributed by atoms with Gasteiger partial charge in [0.05, 0.1) is 17.8 Å². The Hall–Kier alpha value is -1.91. The van der Waals surface area contributed by atoms with E-state index in [0.29, 0.717) is 17.8 Å². The zero-order valence-corrected chi connectivity index (χ0v) is 8.29. The third-order valence-corrected chi connectivity index (χ3v) is 2.34. The Morgan fingerprint density at radius 1 is 1.60 bits per heavy atom. The fraction of sp³-hybridized carbons (Fsp3) is 0.300. The van der Waals surface area contributed by atoms with Crippen LogP contribution < -0.4 is 0 Å². The Bertz CT molecular complexity index is 492. The van der Waals surface area contributed by atoms with Gasteiger partial charge in [0.2, 0.25) is 0 Å². The lowest BCUT2D eigenvalue weighted by Gasteiger charge is -2.08. The molecule has 0 radical (unpaired) electrons. The van der Waals surface area contributed by atoms with E-state index in [1.807, 2.05) is 6.92 Å². The van der Waals surface area contributed by atoms with Crippen LogP contribution in [0.2, 0.25) is 0 Å². The number of nitrogens with zero attached hydrogens (tertiary/aromatic N) is 3.